The lowest BCUT2D eigenvalue weighted by molar-refractivity contribution is 0.595. The summed E-state index contributed by atoms with van der Waals surface area (Å²) in [7, 11) is -2.84. The van der Waals surface area contributed by atoms with Crippen molar-refractivity contribution in [3.63, 3.8) is 0 Å². The molecule has 0 spiro atoms. The molecule has 0 amide bonds. The van der Waals surface area contributed by atoms with Crippen molar-refractivity contribution in [2.75, 3.05) is 23.4 Å². The van der Waals surface area contributed by atoms with Crippen LogP contribution >= 0.6 is 0 Å². The third-order valence-corrected chi connectivity index (χ3v) is 5.82. The van der Waals surface area contributed by atoms with Crippen LogP contribution in [-0.2, 0) is 16.3 Å². The Kier molecular flexibility index (Phi) is 4.56. The number of hydrogen-bond acceptors (Lipinski definition) is 6. The van der Waals surface area contributed by atoms with Gasteiger partial charge in [0.05, 0.1) is 11.5 Å². The molecule has 3 rings (SSSR count). The quantitative estimate of drug-likeness (QED) is 0.901. The fourth-order valence-corrected chi connectivity index (χ4v) is 4.54. The Morgan fingerprint density at radius 1 is 1.26 bits per heavy atom. The Morgan fingerprint density at radius 3 is 2.70 bits per heavy atom. The third kappa shape index (κ3) is 4.04. The number of sulfone groups is 1. The van der Waals surface area contributed by atoms with E-state index >= 15 is 0 Å². The lowest BCUT2D eigenvalue weighted by Gasteiger charge is -2.12. The van der Waals surface area contributed by atoms with Crippen molar-refractivity contribution >= 4 is 15.7 Å². The second-order valence-corrected chi connectivity index (χ2v) is 8.04. The van der Waals surface area contributed by atoms with E-state index in [0.717, 1.165) is 29.9 Å². The molecule has 0 unspecified atom stereocenters. The van der Waals surface area contributed by atoms with Gasteiger partial charge in [0.2, 0.25) is 0 Å². The van der Waals surface area contributed by atoms with Crippen LogP contribution in [0.3, 0.4) is 0 Å². The molecule has 6 nitrogen and oxygen atoms in total. The second-order valence-electron chi connectivity index (χ2n) is 5.81. The van der Waals surface area contributed by atoms with Gasteiger partial charge >= 0.3 is 0 Å². The molecule has 1 aliphatic heterocycles. The largest absolute Gasteiger partial charge is 0.370 e. The van der Waals surface area contributed by atoms with Gasteiger partial charge in [0.25, 0.3) is 0 Å². The summed E-state index contributed by atoms with van der Waals surface area (Å²) in [4.78, 5) is 13.1. The van der Waals surface area contributed by atoms with Crippen LogP contribution in [0.5, 0.6) is 0 Å². The first-order valence-electron chi connectivity index (χ1n) is 7.78. The molecule has 122 valence electrons. The Labute approximate surface area is 136 Å². The zero-order valence-electron chi connectivity index (χ0n) is 13.1. The SMILES string of the molecule is CCc1cc(NC[C@@H]2CCS(=O)(=O)C2)nc(-c2ccncc2)n1. The molecule has 23 heavy (non-hydrogen) atoms. The minimum absolute atomic E-state index is 0.157. The number of rotatable bonds is 5. The standard InChI is InChI=1S/C16H20N4O2S/c1-2-14-9-15(18-10-12-5-8-23(21,22)11-12)20-16(19-14)13-3-6-17-7-4-13/h3-4,6-7,9,12H,2,5,8,10-11H2,1H3,(H,18,19,20)/t12-/m0/s1. The van der Waals surface area contributed by atoms with Crippen LogP contribution in [0, 0.1) is 5.92 Å². The Hall–Kier alpha value is -2.02. The van der Waals surface area contributed by atoms with Crippen LogP contribution < -0.4 is 5.32 Å². The monoisotopic (exact) mass is 332 g/mol. The van der Waals surface area contributed by atoms with Crippen LogP contribution in [0.15, 0.2) is 30.6 Å². The predicted octanol–water partition coefficient (Wildman–Crippen LogP) is 1.95. The molecule has 0 bridgehead atoms. The smallest absolute Gasteiger partial charge is 0.161 e. The lowest BCUT2D eigenvalue weighted by Crippen LogP contribution is -2.16. The van der Waals surface area contributed by atoms with Crippen molar-refractivity contribution < 1.29 is 8.42 Å². The summed E-state index contributed by atoms with van der Waals surface area (Å²) >= 11 is 0. The highest BCUT2D eigenvalue weighted by Gasteiger charge is 2.27. The van der Waals surface area contributed by atoms with Crippen LogP contribution in [0.2, 0.25) is 0 Å². The zero-order chi connectivity index (χ0) is 16.3. The van der Waals surface area contributed by atoms with E-state index in [1.165, 1.54) is 0 Å². The summed E-state index contributed by atoms with van der Waals surface area (Å²) in [5.74, 6) is 2.12. The molecule has 2 aromatic rings. The van der Waals surface area contributed by atoms with Crippen molar-refractivity contribution in [2.45, 2.75) is 19.8 Å². The molecule has 1 aliphatic rings. The number of aromatic nitrogens is 3. The van der Waals surface area contributed by atoms with Gasteiger partial charge in [0.15, 0.2) is 15.7 Å². The zero-order valence-corrected chi connectivity index (χ0v) is 13.9. The highest BCUT2D eigenvalue weighted by atomic mass is 32.2. The van der Waals surface area contributed by atoms with Gasteiger partial charge in [-0.25, -0.2) is 18.4 Å². The third-order valence-electron chi connectivity index (χ3n) is 3.98. The number of hydrogen-bond donors (Lipinski definition) is 1. The number of aryl methyl sites for hydroxylation is 1. The first kappa shape index (κ1) is 15.9. The number of pyridine rings is 1. The first-order valence-corrected chi connectivity index (χ1v) is 9.60. The van der Waals surface area contributed by atoms with Crippen LogP contribution in [0.25, 0.3) is 11.4 Å². The molecule has 0 aromatic carbocycles. The molecular weight excluding hydrogens is 312 g/mol. The van der Waals surface area contributed by atoms with E-state index in [9.17, 15) is 8.42 Å². The molecular formula is C16H20N4O2S. The van der Waals surface area contributed by atoms with Gasteiger partial charge in [-0.05, 0) is 30.9 Å². The number of anilines is 1. The van der Waals surface area contributed by atoms with Gasteiger partial charge in [-0.15, -0.1) is 0 Å². The van der Waals surface area contributed by atoms with E-state index in [1.807, 2.05) is 25.1 Å². The highest BCUT2D eigenvalue weighted by Crippen LogP contribution is 2.21. The van der Waals surface area contributed by atoms with Crippen molar-refractivity contribution in [2.24, 2.45) is 5.92 Å². The summed E-state index contributed by atoms with van der Waals surface area (Å²) in [6.45, 7) is 2.67. The van der Waals surface area contributed by atoms with Crippen LogP contribution in [0.1, 0.15) is 19.0 Å². The maximum atomic E-state index is 11.5. The molecule has 1 N–H and O–H groups in total. The van der Waals surface area contributed by atoms with Crippen molar-refractivity contribution in [1.29, 1.82) is 0 Å². The van der Waals surface area contributed by atoms with E-state index in [4.69, 9.17) is 0 Å². The lowest BCUT2D eigenvalue weighted by atomic mass is 10.1. The highest BCUT2D eigenvalue weighted by molar-refractivity contribution is 7.91. The average molecular weight is 332 g/mol. The molecule has 1 atom stereocenters. The topological polar surface area (TPSA) is 84.8 Å². The minimum atomic E-state index is -2.84. The van der Waals surface area contributed by atoms with E-state index in [0.29, 0.717) is 18.1 Å². The summed E-state index contributed by atoms with van der Waals surface area (Å²) < 4.78 is 23.1. The fraction of sp³-hybridized carbons (Fsp3) is 0.438. The van der Waals surface area contributed by atoms with E-state index in [-0.39, 0.29) is 11.7 Å². The van der Waals surface area contributed by atoms with Crippen molar-refractivity contribution in [1.82, 2.24) is 15.0 Å². The molecule has 1 fully saturated rings. The van der Waals surface area contributed by atoms with Gasteiger partial charge in [0, 0.05) is 36.3 Å². The predicted molar refractivity (Wildman–Crippen MR) is 89.9 cm³/mol. The normalized spacial score (nSPS) is 19.6. The molecule has 0 radical (unpaired) electrons. The maximum Gasteiger partial charge on any atom is 0.161 e. The molecule has 0 aliphatic carbocycles. The average Bonchev–Trinajstić information content (AvgIpc) is 2.92. The van der Waals surface area contributed by atoms with Crippen molar-refractivity contribution in [3.8, 4) is 11.4 Å². The minimum Gasteiger partial charge on any atom is -0.370 e. The van der Waals surface area contributed by atoms with Gasteiger partial charge in [-0.3, -0.25) is 4.98 Å². The summed E-state index contributed by atoms with van der Waals surface area (Å²) in [6, 6.07) is 5.68. The van der Waals surface area contributed by atoms with E-state index in [2.05, 4.69) is 20.3 Å². The molecule has 1 saturated heterocycles. The molecule has 3 heterocycles. The fourth-order valence-electron chi connectivity index (χ4n) is 2.68. The summed E-state index contributed by atoms with van der Waals surface area (Å²) in [5.41, 5.74) is 1.87. The van der Waals surface area contributed by atoms with Crippen LogP contribution in [-0.4, -0.2) is 41.4 Å². The van der Waals surface area contributed by atoms with E-state index < -0.39 is 9.84 Å². The number of nitrogens with one attached hydrogen (secondary N) is 1. The molecule has 0 saturated carbocycles. The van der Waals surface area contributed by atoms with Crippen LogP contribution in [0.4, 0.5) is 5.82 Å². The summed E-state index contributed by atoms with van der Waals surface area (Å²) in [6.07, 6.45) is 4.97. The second kappa shape index (κ2) is 6.62. The van der Waals surface area contributed by atoms with Gasteiger partial charge in [0.1, 0.15) is 5.82 Å². The van der Waals surface area contributed by atoms with Crippen molar-refractivity contribution in [3.05, 3.63) is 36.3 Å². The Morgan fingerprint density at radius 2 is 2.04 bits per heavy atom. The first-order chi connectivity index (χ1) is 11.1. The van der Waals surface area contributed by atoms with E-state index in [1.54, 1.807) is 12.4 Å². The maximum absolute atomic E-state index is 11.5. The number of nitrogens with zero attached hydrogens (tertiary/aromatic N) is 3. The van der Waals surface area contributed by atoms with Gasteiger partial charge < -0.3 is 5.32 Å². The molecule has 2 aromatic heterocycles. The summed E-state index contributed by atoms with van der Waals surface area (Å²) in [5, 5.41) is 3.28. The van der Waals surface area contributed by atoms with Gasteiger partial charge in [-0.1, -0.05) is 6.92 Å². The Bertz CT molecular complexity index is 778. The molecule has 7 heteroatoms. The Balaban J connectivity index is 1.77. The van der Waals surface area contributed by atoms with Gasteiger partial charge in [-0.2, -0.15) is 0 Å².